The molecule has 5 aliphatic carbocycles. The Bertz CT molecular complexity index is 2330. The van der Waals surface area contributed by atoms with Crippen LogP contribution in [0.5, 0.6) is 5.75 Å². The summed E-state index contributed by atoms with van der Waals surface area (Å²) in [6, 6.07) is 1.34. The summed E-state index contributed by atoms with van der Waals surface area (Å²) in [6.45, 7) is 4.58. The average molecular weight is 876 g/mol. The molecule has 4 saturated carbocycles. The van der Waals surface area contributed by atoms with Crippen molar-refractivity contribution in [3.63, 3.8) is 0 Å². The van der Waals surface area contributed by atoms with E-state index in [0.717, 1.165) is 56.7 Å². The second-order valence-corrected chi connectivity index (χ2v) is 19.6. The van der Waals surface area contributed by atoms with Crippen LogP contribution in [0.3, 0.4) is 0 Å². The van der Waals surface area contributed by atoms with Gasteiger partial charge in [0, 0.05) is 43.2 Å². The van der Waals surface area contributed by atoms with E-state index in [2.05, 4.69) is 12.2 Å². The van der Waals surface area contributed by atoms with Crippen molar-refractivity contribution in [3.05, 3.63) is 45.5 Å². The smallest absolute Gasteiger partial charge is 0.346 e. The lowest BCUT2D eigenvalue weighted by Crippen LogP contribution is -2.62. The number of hydrogen-bond donors (Lipinski definition) is 3. The molecule has 9 atom stereocenters. The predicted octanol–water partition coefficient (Wildman–Crippen LogP) is 4.46. The predicted molar refractivity (Wildman–Crippen MR) is 224 cm³/mol. The lowest BCUT2D eigenvalue weighted by Gasteiger charge is -2.60. The third-order valence-electron chi connectivity index (χ3n) is 16.3. The van der Waals surface area contributed by atoms with Gasteiger partial charge in [-0.15, -0.1) is 0 Å². The van der Waals surface area contributed by atoms with E-state index in [1.165, 1.54) is 13.3 Å². The summed E-state index contributed by atoms with van der Waals surface area (Å²) in [5.74, 6) is -3.51. The molecule has 0 spiro atoms. The van der Waals surface area contributed by atoms with Crippen LogP contribution >= 0.6 is 0 Å². The highest BCUT2D eigenvalue weighted by Gasteiger charge is 2.68. The van der Waals surface area contributed by atoms with E-state index in [-0.39, 0.29) is 76.3 Å². The highest BCUT2D eigenvalue weighted by molar-refractivity contribution is 5.98. The molecule has 2 aromatic rings. The number of ketones is 2. The Kier molecular flexibility index (Phi) is 11.3. The van der Waals surface area contributed by atoms with Gasteiger partial charge in [0.1, 0.15) is 16.9 Å². The fourth-order valence-corrected chi connectivity index (χ4v) is 12.9. The molecule has 16 heteroatoms. The van der Waals surface area contributed by atoms with Gasteiger partial charge in [0.25, 0.3) is 0 Å². The zero-order valence-electron chi connectivity index (χ0n) is 36.3. The molecule has 0 amide bonds. The molecule has 7 aliphatic rings. The van der Waals surface area contributed by atoms with Gasteiger partial charge < -0.3 is 43.9 Å². The van der Waals surface area contributed by atoms with E-state index >= 15 is 4.39 Å². The van der Waals surface area contributed by atoms with Crippen LogP contribution in [0.4, 0.5) is 10.1 Å². The Morgan fingerprint density at radius 3 is 2.46 bits per heavy atom. The van der Waals surface area contributed by atoms with Crippen LogP contribution in [-0.2, 0) is 33.4 Å². The molecule has 2 aliphatic heterocycles. The van der Waals surface area contributed by atoms with Crippen LogP contribution in [0.1, 0.15) is 114 Å². The van der Waals surface area contributed by atoms with Gasteiger partial charge in [0.2, 0.25) is 18.0 Å². The van der Waals surface area contributed by atoms with Gasteiger partial charge in [-0.05, 0) is 112 Å². The third-order valence-corrected chi connectivity index (χ3v) is 16.3. The number of aliphatic hydroxyl groups excluding tert-OH is 1. The van der Waals surface area contributed by atoms with Gasteiger partial charge in [-0.3, -0.25) is 24.0 Å². The van der Waals surface area contributed by atoms with E-state index in [1.807, 2.05) is 11.8 Å². The minimum Gasteiger partial charge on any atom is -0.492 e. The molecule has 2 saturated heterocycles. The number of hydrogen-bond acceptors (Lipinski definition) is 14. The summed E-state index contributed by atoms with van der Waals surface area (Å²) in [7, 11) is 1.44. The summed E-state index contributed by atoms with van der Waals surface area (Å²) in [6.07, 6.45) is 8.63. The molecule has 15 nitrogen and oxygen atoms in total. The zero-order chi connectivity index (χ0) is 44.6. The summed E-state index contributed by atoms with van der Waals surface area (Å²) in [5.41, 5.74) is -2.44. The van der Waals surface area contributed by atoms with Gasteiger partial charge in [-0.1, -0.05) is 19.4 Å². The molecule has 63 heavy (non-hydrogen) atoms. The first-order valence-electron chi connectivity index (χ1n) is 22.7. The van der Waals surface area contributed by atoms with Crippen molar-refractivity contribution in [1.29, 1.82) is 0 Å². The normalized spacial score (nSPS) is 33.4. The second kappa shape index (κ2) is 16.4. The summed E-state index contributed by atoms with van der Waals surface area (Å²) in [5, 5.41) is 27.1. The number of carbonyl (C=O) groups excluding carboxylic acids is 5. The molecule has 9 rings (SSSR count). The average Bonchev–Trinajstić information content (AvgIpc) is 3.95. The monoisotopic (exact) mass is 875 g/mol. The van der Waals surface area contributed by atoms with Crippen LogP contribution in [-0.4, -0.2) is 102 Å². The van der Waals surface area contributed by atoms with Gasteiger partial charge >= 0.3 is 17.9 Å². The number of anilines is 1. The van der Waals surface area contributed by atoms with E-state index in [1.54, 1.807) is 10.6 Å². The van der Waals surface area contributed by atoms with Crippen molar-refractivity contribution in [2.24, 2.45) is 34.5 Å². The molecule has 0 radical (unpaired) electrons. The molecule has 3 N–H and O–H groups in total. The number of methoxy groups -OCH3 is 1. The molecule has 1 aromatic carbocycles. The van der Waals surface area contributed by atoms with Gasteiger partial charge in [0.05, 0.1) is 37.0 Å². The number of nitrogens with one attached hydrogen (secondary N) is 1. The fraction of sp³-hybridized carbons (Fsp3) is 0.660. The van der Waals surface area contributed by atoms with Crippen molar-refractivity contribution < 1.29 is 57.5 Å². The molecule has 5 unspecified atom stereocenters. The maximum Gasteiger partial charge on any atom is 0.346 e. The quantitative estimate of drug-likeness (QED) is 0.200. The Labute approximate surface area is 364 Å². The number of pyridine rings is 1. The number of esters is 3. The topological polar surface area (TPSA) is 200 Å². The van der Waals surface area contributed by atoms with E-state index in [4.69, 9.17) is 18.9 Å². The van der Waals surface area contributed by atoms with Crippen LogP contribution in [0.2, 0.25) is 0 Å². The Morgan fingerprint density at radius 1 is 0.968 bits per heavy atom. The summed E-state index contributed by atoms with van der Waals surface area (Å²) in [4.78, 5) is 80.1. The van der Waals surface area contributed by atoms with Gasteiger partial charge in [-0.25, -0.2) is 9.18 Å². The van der Waals surface area contributed by atoms with Crippen molar-refractivity contribution in [1.82, 2.24) is 9.88 Å². The molecule has 1 aromatic heterocycles. The summed E-state index contributed by atoms with van der Waals surface area (Å²) < 4.78 is 39.0. The number of nitrogens with zero attached hydrogens (tertiary/aromatic N) is 2. The van der Waals surface area contributed by atoms with Gasteiger partial charge in [-0.2, -0.15) is 0 Å². The highest BCUT2D eigenvalue weighted by atomic mass is 19.1. The Morgan fingerprint density at radius 2 is 1.73 bits per heavy atom. The van der Waals surface area contributed by atoms with Crippen molar-refractivity contribution >= 4 is 46.1 Å². The van der Waals surface area contributed by atoms with Crippen LogP contribution in [0.25, 0.3) is 10.9 Å². The number of Topliss-reactive ketones (excluding diaryl/α,β-unsaturated/α-hetero) is 1. The number of fused-ring (bicyclic) bond motifs is 7. The number of carbonyl (C=O) groups is 5. The standard InChI is InChI=1S/C47H58FN3O12/c1-45-14-12-28(52)17-26(45)6-9-29-32-13-15-47(59,46(32,2)19-35(53)39(29)45)36(54)23-61-37(55)10-11-38(56)62-24-63-44(58)31-21-51(27-7-8-27)40-30(42(31)57)18-33(48)41(43(40)60-3)50-20-25-5-4-16-49-34(25)22-50/h17-18,21,25,27,29,32,34-35,39,49,53,59H,4-16,19-20,22-24H2,1-3H3/t25?,29?,32?,34?,35-,39?,45-,46-,47-/m0/s1. The van der Waals surface area contributed by atoms with E-state index in [0.29, 0.717) is 43.8 Å². The largest absolute Gasteiger partial charge is 0.492 e. The van der Waals surface area contributed by atoms with Crippen LogP contribution < -0.4 is 20.4 Å². The minimum atomic E-state index is -1.83. The van der Waals surface area contributed by atoms with Crippen LogP contribution in [0.15, 0.2) is 28.7 Å². The number of aliphatic hydroxyl groups is 2. The lowest BCUT2D eigenvalue weighted by atomic mass is 9.45. The first-order chi connectivity index (χ1) is 30.1. The number of ether oxygens (including phenoxy) is 4. The number of rotatable bonds is 12. The highest BCUT2D eigenvalue weighted by Crippen LogP contribution is 2.67. The maximum absolute atomic E-state index is 16.0. The van der Waals surface area contributed by atoms with Crippen molar-refractivity contribution in [3.8, 4) is 5.75 Å². The number of aromatic nitrogens is 1. The molecule has 3 heterocycles. The Balaban J connectivity index is 0.783. The lowest BCUT2D eigenvalue weighted by molar-refractivity contribution is -0.184. The Hall–Kier alpha value is -4.67. The number of piperidine rings is 1. The minimum absolute atomic E-state index is 0.0363. The zero-order valence-corrected chi connectivity index (χ0v) is 36.3. The number of halogens is 1. The van der Waals surface area contributed by atoms with Crippen molar-refractivity contribution in [2.75, 3.05) is 45.0 Å². The molecular formula is C47H58FN3O12. The third kappa shape index (κ3) is 7.37. The first-order valence-corrected chi connectivity index (χ1v) is 22.7. The number of benzene rings is 1. The first kappa shape index (κ1) is 43.6. The molecule has 0 bridgehead atoms. The molecular weight excluding hydrogens is 818 g/mol. The molecule has 6 fully saturated rings. The van der Waals surface area contributed by atoms with Crippen LogP contribution in [0, 0.1) is 40.3 Å². The molecule has 340 valence electrons. The van der Waals surface area contributed by atoms with E-state index < -0.39 is 78.3 Å². The van der Waals surface area contributed by atoms with Crippen molar-refractivity contribution in [2.45, 2.75) is 121 Å². The summed E-state index contributed by atoms with van der Waals surface area (Å²) >= 11 is 0. The fourth-order valence-electron chi connectivity index (χ4n) is 12.9. The van der Waals surface area contributed by atoms with E-state index in [9.17, 15) is 39.0 Å². The second-order valence-electron chi connectivity index (χ2n) is 19.6. The maximum atomic E-state index is 16.0. The van der Waals surface area contributed by atoms with Gasteiger partial charge in [0.15, 0.2) is 24.0 Å². The number of allylic oxidation sites excluding steroid dienone is 1. The SMILES string of the molecule is COc1c(N2CC3CCCNC3C2)c(F)cc2c(=O)c(C(=O)OCOC(=O)CCC(=O)OCC(=O)[C@@]3(O)CCC4C5CCC6=CC(=O)CC[C@]6(C)C5[C@@H](O)C[C@@]43C)cn(C3CC3)c12.